The molecule has 0 radical (unpaired) electrons. The van der Waals surface area contributed by atoms with Gasteiger partial charge in [0.1, 0.15) is 22.8 Å². The van der Waals surface area contributed by atoms with E-state index in [4.69, 9.17) is 4.52 Å². The van der Waals surface area contributed by atoms with Crippen molar-refractivity contribution in [2.45, 2.75) is 19.8 Å². The number of halogens is 1. The van der Waals surface area contributed by atoms with Gasteiger partial charge in [-0.15, -0.1) is 0 Å². The lowest BCUT2D eigenvalue weighted by Gasteiger charge is -2.32. The molecule has 0 bridgehead atoms. The van der Waals surface area contributed by atoms with Crippen molar-refractivity contribution in [3.05, 3.63) is 59.4 Å². The van der Waals surface area contributed by atoms with E-state index < -0.39 is 0 Å². The van der Waals surface area contributed by atoms with Crippen LogP contribution in [0.3, 0.4) is 0 Å². The van der Waals surface area contributed by atoms with Gasteiger partial charge in [-0.05, 0) is 49.9 Å². The van der Waals surface area contributed by atoms with Crippen LogP contribution in [0.5, 0.6) is 0 Å². The van der Waals surface area contributed by atoms with Crippen LogP contribution < -0.4 is 5.32 Å². The fourth-order valence-corrected chi connectivity index (χ4v) is 3.80. The van der Waals surface area contributed by atoms with Gasteiger partial charge in [0.25, 0.3) is 11.8 Å². The predicted molar refractivity (Wildman–Crippen MR) is 111 cm³/mol. The molecule has 8 nitrogen and oxygen atoms in total. The van der Waals surface area contributed by atoms with Gasteiger partial charge in [0.15, 0.2) is 0 Å². The van der Waals surface area contributed by atoms with E-state index in [1.165, 1.54) is 18.3 Å². The fraction of sp³-hybridized carbons (Fsp3) is 0.364. The molecule has 1 saturated heterocycles. The highest BCUT2D eigenvalue weighted by Crippen LogP contribution is 2.28. The van der Waals surface area contributed by atoms with Crippen molar-refractivity contribution >= 4 is 11.8 Å². The number of nitrogens with zero attached hydrogens (tertiary/aromatic N) is 4. The summed E-state index contributed by atoms with van der Waals surface area (Å²) in [5.41, 5.74) is 2.00. The standard InChI is InChI=1S/C22H24FN5O3/c1-14-19(20(26-31-14)16-3-5-18(23)6-4-16)22(30)28-9-7-15(8-10-28)11-24-21(29)17-12-25-27(2)13-17/h3-6,12-13,15H,7-11H2,1-2H3,(H,24,29). The van der Waals surface area contributed by atoms with E-state index in [9.17, 15) is 14.0 Å². The minimum Gasteiger partial charge on any atom is -0.360 e. The van der Waals surface area contributed by atoms with Gasteiger partial charge in [-0.2, -0.15) is 5.10 Å². The predicted octanol–water partition coefficient (Wildman–Crippen LogP) is 2.80. The van der Waals surface area contributed by atoms with Gasteiger partial charge in [0.05, 0.1) is 11.8 Å². The van der Waals surface area contributed by atoms with Crippen LogP contribution in [0.25, 0.3) is 11.3 Å². The van der Waals surface area contributed by atoms with Crippen molar-refractivity contribution in [2.24, 2.45) is 13.0 Å². The normalized spacial score (nSPS) is 14.6. The minimum absolute atomic E-state index is 0.143. The van der Waals surface area contributed by atoms with Crippen molar-refractivity contribution in [3.63, 3.8) is 0 Å². The summed E-state index contributed by atoms with van der Waals surface area (Å²) < 4.78 is 20.1. The maximum Gasteiger partial charge on any atom is 0.259 e. The van der Waals surface area contributed by atoms with Crippen LogP contribution in [-0.4, -0.2) is 51.3 Å². The second kappa shape index (κ2) is 8.71. The summed E-state index contributed by atoms with van der Waals surface area (Å²) in [7, 11) is 1.77. The highest BCUT2D eigenvalue weighted by Gasteiger charge is 2.29. The summed E-state index contributed by atoms with van der Waals surface area (Å²) >= 11 is 0. The van der Waals surface area contributed by atoms with Crippen molar-refractivity contribution < 1.29 is 18.5 Å². The zero-order valence-electron chi connectivity index (χ0n) is 17.5. The number of hydrogen-bond donors (Lipinski definition) is 1. The van der Waals surface area contributed by atoms with E-state index in [0.717, 1.165) is 12.8 Å². The van der Waals surface area contributed by atoms with E-state index in [-0.39, 0.29) is 17.6 Å². The first-order valence-corrected chi connectivity index (χ1v) is 10.2. The van der Waals surface area contributed by atoms with Crippen molar-refractivity contribution in [3.8, 4) is 11.3 Å². The lowest BCUT2D eigenvalue weighted by molar-refractivity contribution is 0.0683. The first kappa shape index (κ1) is 20.8. The maximum atomic E-state index is 13.3. The second-order valence-electron chi connectivity index (χ2n) is 7.82. The zero-order chi connectivity index (χ0) is 22.0. The number of rotatable bonds is 5. The maximum absolute atomic E-state index is 13.3. The number of carbonyl (C=O) groups excluding carboxylic acids is 2. The molecule has 0 unspecified atom stereocenters. The molecule has 0 saturated carbocycles. The van der Waals surface area contributed by atoms with Crippen LogP contribution in [0.2, 0.25) is 0 Å². The van der Waals surface area contributed by atoms with Crippen LogP contribution >= 0.6 is 0 Å². The third kappa shape index (κ3) is 4.50. The number of hydrogen-bond acceptors (Lipinski definition) is 5. The summed E-state index contributed by atoms with van der Waals surface area (Å²) in [6.45, 7) is 3.43. The van der Waals surface area contributed by atoms with Crippen LogP contribution in [0, 0.1) is 18.7 Å². The first-order valence-electron chi connectivity index (χ1n) is 10.2. The van der Waals surface area contributed by atoms with Crippen molar-refractivity contribution in [2.75, 3.05) is 19.6 Å². The number of piperidine rings is 1. The van der Waals surface area contributed by atoms with Crippen LogP contribution in [0.15, 0.2) is 41.2 Å². The first-order chi connectivity index (χ1) is 14.9. The molecule has 4 rings (SSSR count). The van der Waals surface area contributed by atoms with E-state index in [1.807, 2.05) is 0 Å². The molecule has 0 atom stereocenters. The van der Waals surface area contributed by atoms with Crippen LogP contribution in [-0.2, 0) is 7.05 Å². The summed E-state index contributed by atoms with van der Waals surface area (Å²) in [5.74, 6) is 0.0982. The second-order valence-corrected chi connectivity index (χ2v) is 7.82. The van der Waals surface area contributed by atoms with Gasteiger partial charge >= 0.3 is 0 Å². The highest BCUT2D eigenvalue weighted by molar-refractivity contribution is 6.00. The largest absolute Gasteiger partial charge is 0.360 e. The molecule has 1 aromatic carbocycles. The van der Waals surface area contributed by atoms with Crippen LogP contribution in [0.4, 0.5) is 4.39 Å². The number of amides is 2. The molecule has 3 aromatic rings. The Labute approximate surface area is 179 Å². The third-order valence-corrected chi connectivity index (χ3v) is 5.61. The Bertz CT molecular complexity index is 1080. The van der Waals surface area contributed by atoms with Crippen molar-refractivity contribution in [1.82, 2.24) is 25.2 Å². The molecule has 31 heavy (non-hydrogen) atoms. The van der Waals surface area contributed by atoms with E-state index >= 15 is 0 Å². The molecule has 9 heteroatoms. The summed E-state index contributed by atoms with van der Waals surface area (Å²) in [6, 6.07) is 5.83. The lowest BCUT2D eigenvalue weighted by atomic mass is 9.95. The number of aromatic nitrogens is 3. The number of benzene rings is 1. The fourth-order valence-electron chi connectivity index (χ4n) is 3.80. The van der Waals surface area contributed by atoms with Gasteiger partial charge in [-0.25, -0.2) is 4.39 Å². The molecular weight excluding hydrogens is 401 g/mol. The average Bonchev–Trinajstić information content (AvgIpc) is 3.38. The number of aryl methyl sites for hydroxylation is 2. The monoisotopic (exact) mass is 425 g/mol. The molecule has 2 amide bonds. The summed E-state index contributed by atoms with van der Waals surface area (Å²) in [5, 5.41) is 11.0. The smallest absolute Gasteiger partial charge is 0.259 e. The Morgan fingerprint density at radius 1 is 1.23 bits per heavy atom. The van der Waals surface area contributed by atoms with E-state index in [2.05, 4.69) is 15.6 Å². The Morgan fingerprint density at radius 3 is 2.58 bits per heavy atom. The Morgan fingerprint density at radius 2 is 1.94 bits per heavy atom. The Hall–Kier alpha value is -3.49. The molecule has 0 aliphatic carbocycles. The van der Waals surface area contributed by atoms with Gasteiger partial charge in [0, 0.05) is 38.4 Å². The van der Waals surface area contributed by atoms with Gasteiger partial charge < -0.3 is 14.7 Å². The Kier molecular flexibility index (Phi) is 5.83. The quantitative estimate of drug-likeness (QED) is 0.679. The SMILES string of the molecule is Cc1onc(-c2ccc(F)cc2)c1C(=O)N1CCC(CNC(=O)c2cnn(C)c2)CC1. The minimum atomic E-state index is -0.352. The van der Waals surface area contributed by atoms with Crippen molar-refractivity contribution in [1.29, 1.82) is 0 Å². The summed E-state index contributed by atoms with van der Waals surface area (Å²) in [6.07, 6.45) is 4.79. The third-order valence-electron chi connectivity index (χ3n) is 5.61. The molecule has 2 aromatic heterocycles. The van der Waals surface area contributed by atoms with E-state index in [1.54, 1.807) is 41.9 Å². The van der Waals surface area contributed by atoms with E-state index in [0.29, 0.717) is 53.7 Å². The molecular formula is C22H24FN5O3. The topological polar surface area (TPSA) is 93.3 Å². The summed E-state index contributed by atoms with van der Waals surface area (Å²) in [4.78, 5) is 27.1. The molecule has 1 aliphatic heterocycles. The molecule has 1 aliphatic rings. The molecule has 1 fully saturated rings. The molecule has 1 N–H and O–H groups in total. The van der Waals surface area contributed by atoms with Gasteiger partial charge in [-0.3, -0.25) is 14.3 Å². The Balaban J connectivity index is 1.36. The number of nitrogens with one attached hydrogen (secondary N) is 1. The average molecular weight is 425 g/mol. The van der Waals surface area contributed by atoms with Gasteiger partial charge in [0.2, 0.25) is 0 Å². The highest BCUT2D eigenvalue weighted by atomic mass is 19.1. The van der Waals surface area contributed by atoms with Gasteiger partial charge in [-0.1, -0.05) is 5.16 Å². The molecule has 162 valence electrons. The molecule has 0 spiro atoms. The molecule has 3 heterocycles. The van der Waals surface area contributed by atoms with Crippen LogP contribution in [0.1, 0.15) is 39.3 Å². The zero-order valence-corrected chi connectivity index (χ0v) is 17.5. The number of carbonyl (C=O) groups is 2. The lowest BCUT2D eigenvalue weighted by Crippen LogP contribution is -2.41. The number of likely N-dealkylation sites (tertiary alicyclic amines) is 1.